The van der Waals surface area contributed by atoms with Crippen LogP contribution in [0.5, 0.6) is 0 Å². The van der Waals surface area contributed by atoms with Crippen molar-refractivity contribution in [3.8, 4) is 0 Å². The van der Waals surface area contributed by atoms with Crippen molar-refractivity contribution in [2.75, 3.05) is 6.54 Å². The summed E-state index contributed by atoms with van der Waals surface area (Å²) < 4.78 is 0. The molecule has 0 radical (unpaired) electrons. The topological polar surface area (TPSA) is 3.24 Å². The van der Waals surface area contributed by atoms with Gasteiger partial charge in [-0.3, -0.25) is 4.90 Å². The first-order valence-electron chi connectivity index (χ1n) is 5.24. The minimum absolute atomic E-state index is 0.731. The molecule has 2 heteroatoms. The standard InChI is InChI=1S/C12H16ClN/c1-10-4-3-7-14(10)9-11-5-2-6-12(13)8-11/h2,5-6,8,10H,3-4,7,9H2,1H3. The number of halogens is 1. The number of benzene rings is 1. The van der Waals surface area contributed by atoms with Crippen LogP contribution >= 0.6 is 11.6 Å². The molecule has 1 aliphatic rings. The highest BCUT2D eigenvalue weighted by Crippen LogP contribution is 2.20. The van der Waals surface area contributed by atoms with Gasteiger partial charge in [0.05, 0.1) is 0 Å². The summed E-state index contributed by atoms with van der Waals surface area (Å²) in [5, 5.41) is 0.842. The summed E-state index contributed by atoms with van der Waals surface area (Å²) in [5.74, 6) is 0. The van der Waals surface area contributed by atoms with Gasteiger partial charge in [0.25, 0.3) is 0 Å². The Kier molecular flexibility index (Phi) is 3.09. The summed E-state index contributed by atoms with van der Waals surface area (Å²) >= 11 is 5.95. The highest BCUT2D eigenvalue weighted by molar-refractivity contribution is 6.30. The highest BCUT2D eigenvalue weighted by atomic mass is 35.5. The Balaban J connectivity index is 2.03. The molecular weight excluding hydrogens is 194 g/mol. The average molecular weight is 210 g/mol. The van der Waals surface area contributed by atoms with Crippen molar-refractivity contribution in [3.05, 3.63) is 34.9 Å². The lowest BCUT2D eigenvalue weighted by atomic mass is 10.2. The van der Waals surface area contributed by atoms with Gasteiger partial charge in [-0.1, -0.05) is 23.7 Å². The number of nitrogens with zero attached hydrogens (tertiary/aromatic N) is 1. The van der Waals surface area contributed by atoms with Crippen molar-refractivity contribution < 1.29 is 0 Å². The smallest absolute Gasteiger partial charge is 0.0409 e. The maximum atomic E-state index is 5.95. The molecule has 0 amide bonds. The van der Waals surface area contributed by atoms with Crippen molar-refractivity contribution in [1.29, 1.82) is 0 Å². The summed E-state index contributed by atoms with van der Waals surface area (Å²) in [7, 11) is 0. The van der Waals surface area contributed by atoms with Crippen LogP contribution in [0.3, 0.4) is 0 Å². The van der Waals surface area contributed by atoms with Gasteiger partial charge in [-0.2, -0.15) is 0 Å². The molecule has 1 aromatic rings. The molecule has 76 valence electrons. The van der Waals surface area contributed by atoms with Gasteiger partial charge < -0.3 is 0 Å². The van der Waals surface area contributed by atoms with E-state index in [4.69, 9.17) is 11.6 Å². The second-order valence-corrected chi connectivity index (χ2v) is 4.53. The second kappa shape index (κ2) is 4.33. The molecule has 0 aromatic heterocycles. The van der Waals surface area contributed by atoms with E-state index in [1.54, 1.807) is 0 Å². The zero-order chi connectivity index (χ0) is 9.97. The molecule has 1 saturated heterocycles. The molecule has 0 saturated carbocycles. The van der Waals surface area contributed by atoms with Gasteiger partial charge in [0.15, 0.2) is 0 Å². The van der Waals surface area contributed by atoms with Gasteiger partial charge in [-0.15, -0.1) is 0 Å². The predicted molar refractivity (Wildman–Crippen MR) is 60.6 cm³/mol. The predicted octanol–water partition coefficient (Wildman–Crippen LogP) is 3.32. The quantitative estimate of drug-likeness (QED) is 0.723. The Hall–Kier alpha value is -0.530. The summed E-state index contributed by atoms with van der Waals surface area (Å²) in [6.07, 6.45) is 2.67. The molecule has 0 N–H and O–H groups in total. The van der Waals surface area contributed by atoms with Crippen molar-refractivity contribution in [2.24, 2.45) is 0 Å². The molecule has 0 bridgehead atoms. The lowest BCUT2D eigenvalue weighted by Crippen LogP contribution is -2.26. The first-order valence-corrected chi connectivity index (χ1v) is 5.62. The normalized spacial score (nSPS) is 22.9. The molecule has 14 heavy (non-hydrogen) atoms. The molecule has 1 heterocycles. The van der Waals surface area contributed by atoms with Crippen molar-refractivity contribution in [3.63, 3.8) is 0 Å². The molecule has 1 nitrogen and oxygen atoms in total. The molecule has 0 aliphatic carbocycles. The summed E-state index contributed by atoms with van der Waals surface area (Å²) in [6.45, 7) is 4.58. The fraction of sp³-hybridized carbons (Fsp3) is 0.500. The van der Waals surface area contributed by atoms with E-state index in [0.717, 1.165) is 17.6 Å². The van der Waals surface area contributed by atoms with Crippen LogP contribution in [0.4, 0.5) is 0 Å². The molecular formula is C12H16ClN. The van der Waals surface area contributed by atoms with Gasteiger partial charge in [-0.05, 0) is 44.0 Å². The third kappa shape index (κ3) is 2.28. The van der Waals surface area contributed by atoms with Crippen LogP contribution in [0, 0.1) is 0 Å². The van der Waals surface area contributed by atoms with Crippen molar-refractivity contribution in [1.82, 2.24) is 4.90 Å². The third-order valence-corrected chi connectivity index (χ3v) is 3.20. The molecule has 1 atom stereocenters. The molecule has 1 fully saturated rings. The van der Waals surface area contributed by atoms with Crippen LogP contribution in [0.15, 0.2) is 24.3 Å². The Labute approximate surface area is 90.7 Å². The van der Waals surface area contributed by atoms with E-state index >= 15 is 0 Å². The monoisotopic (exact) mass is 209 g/mol. The van der Waals surface area contributed by atoms with Crippen molar-refractivity contribution in [2.45, 2.75) is 32.4 Å². The van der Waals surface area contributed by atoms with Gasteiger partial charge in [-0.25, -0.2) is 0 Å². The number of hydrogen-bond acceptors (Lipinski definition) is 1. The lowest BCUT2D eigenvalue weighted by molar-refractivity contribution is 0.260. The Morgan fingerprint density at radius 1 is 1.50 bits per heavy atom. The van der Waals surface area contributed by atoms with E-state index < -0.39 is 0 Å². The summed E-state index contributed by atoms with van der Waals surface area (Å²) in [6, 6.07) is 8.90. The first kappa shape index (κ1) is 10.0. The molecule has 1 unspecified atom stereocenters. The summed E-state index contributed by atoms with van der Waals surface area (Å²) in [5.41, 5.74) is 1.33. The maximum Gasteiger partial charge on any atom is 0.0409 e. The second-order valence-electron chi connectivity index (χ2n) is 4.09. The van der Waals surface area contributed by atoms with Crippen LogP contribution in [0.2, 0.25) is 5.02 Å². The van der Waals surface area contributed by atoms with Gasteiger partial charge in [0.1, 0.15) is 0 Å². The number of likely N-dealkylation sites (tertiary alicyclic amines) is 1. The Bertz CT molecular complexity index is 311. The van der Waals surface area contributed by atoms with Gasteiger partial charge in [0.2, 0.25) is 0 Å². The highest BCUT2D eigenvalue weighted by Gasteiger charge is 2.19. The van der Waals surface area contributed by atoms with Crippen LogP contribution in [-0.4, -0.2) is 17.5 Å². The minimum Gasteiger partial charge on any atom is -0.296 e. The maximum absolute atomic E-state index is 5.95. The van der Waals surface area contributed by atoms with E-state index in [0.29, 0.717) is 0 Å². The van der Waals surface area contributed by atoms with Crippen molar-refractivity contribution >= 4 is 11.6 Å². The van der Waals surface area contributed by atoms with E-state index in [1.165, 1.54) is 24.9 Å². The largest absolute Gasteiger partial charge is 0.296 e. The van der Waals surface area contributed by atoms with E-state index in [-0.39, 0.29) is 0 Å². The zero-order valence-electron chi connectivity index (χ0n) is 8.54. The molecule has 1 aliphatic heterocycles. The molecule has 0 spiro atoms. The van der Waals surface area contributed by atoms with Crippen LogP contribution in [0.25, 0.3) is 0 Å². The number of rotatable bonds is 2. The van der Waals surface area contributed by atoms with Crippen LogP contribution in [0.1, 0.15) is 25.3 Å². The Morgan fingerprint density at radius 3 is 3.00 bits per heavy atom. The fourth-order valence-electron chi connectivity index (χ4n) is 2.10. The minimum atomic E-state index is 0.731. The Morgan fingerprint density at radius 2 is 2.36 bits per heavy atom. The zero-order valence-corrected chi connectivity index (χ0v) is 9.30. The van der Waals surface area contributed by atoms with E-state index in [9.17, 15) is 0 Å². The SMILES string of the molecule is CC1CCCN1Cc1cccc(Cl)c1. The number of hydrogen-bond donors (Lipinski definition) is 0. The van der Waals surface area contributed by atoms with Gasteiger partial charge >= 0.3 is 0 Å². The first-order chi connectivity index (χ1) is 6.75. The van der Waals surface area contributed by atoms with E-state index in [1.807, 2.05) is 12.1 Å². The molecule has 1 aromatic carbocycles. The third-order valence-electron chi connectivity index (χ3n) is 2.97. The fourth-order valence-corrected chi connectivity index (χ4v) is 2.31. The van der Waals surface area contributed by atoms with Gasteiger partial charge in [0, 0.05) is 17.6 Å². The van der Waals surface area contributed by atoms with Crippen LogP contribution in [-0.2, 0) is 6.54 Å². The van der Waals surface area contributed by atoms with Crippen LogP contribution < -0.4 is 0 Å². The molecule has 2 rings (SSSR count). The average Bonchev–Trinajstić information content (AvgIpc) is 2.52. The van der Waals surface area contributed by atoms with E-state index in [2.05, 4.69) is 24.0 Å². The summed E-state index contributed by atoms with van der Waals surface area (Å²) in [4.78, 5) is 2.52. The lowest BCUT2D eigenvalue weighted by Gasteiger charge is -2.20.